The third kappa shape index (κ3) is 5.81. The first-order valence-corrected chi connectivity index (χ1v) is 12.3. The summed E-state index contributed by atoms with van der Waals surface area (Å²) in [6.07, 6.45) is 3.41. The molecule has 1 aliphatic carbocycles. The molecule has 0 aromatic heterocycles. The fourth-order valence-corrected chi connectivity index (χ4v) is 5.81. The quantitative estimate of drug-likeness (QED) is 0.707. The van der Waals surface area contributed by atoms with Crippen molar-refractivity contribution in [1.29, 1.82) is 0 Å². The summed E-state index contributed by atoms with van der Waals surface area (Å²) in [5, 5.41) is 2.78. The van der Waals surface area contributed by atoms with Crippen molar-refractivity contribution in [3.63, 3.8) is 0 Å². The lowest BCUT2D eigenvalue weighted by Gasteiger charge is -2.37. The number of carbonyl (C=O) groups is 1. The molecule has 1 aliphatic heterocycles. The van der Waals surface area contributed by atoms with Crippen LogP contribution in [-0.2, 0) is 24.3 Å². The van der Waals surface area contributed by atoms with Gasteiger partial charge in [0, 0.05) is 18.8 Å². The Bertz CT molecular complexity index is 821. The van der Waals surface area contributed by atoms with Gasteiger partial charge in [-0.1, -0.05) is 33.3 Å². The number of morpholine rings is 1. The molecular weight excluding hydrogens is 404 g/mol. The number of nitrogens with zero attached hydrogens (tertiary/aromatic N) is 1. The van der Waals surface area contributed by atoms with Crippen molar-refractivity contribution in [2.45, 2.75) is 51.0 Å². The van der Waals surface area contributed by atoms with E-state index >= 15 is 0 Å². The summed E-state index contributed by atoms with van der Waals surface area (Å²) in [7, 11) is -3.60. The molecule has 7 nitrogen and oxygen atoms in total. The van der Waals surface area contributed by atoms with E-state index < -0.39 is 10.0 Å². The van der Waals surface area contributed by atoms with Crippen LogP contribution in [0.1, 0.15) is 40.0 Å². The summed E-state index contributed by atoms with van der Waals surface area (Å²) >= 11 is 0. The molecule has 1 aromatic carbocycles. The number of anilines is 1. The second-order valence-corrected chi connectivity index (χ2v) is 10.7. The average molecular weight is 439 g/mol. The van der Waals surface area contributed by atoms with Gasteiger partial charge in [0.15, 0.2) is 0 Å². The number of amides is 1. The second kappa shape index (κ2) is 10.2. The van der Waals surface area contributed by atoms with Crippen LogP contribution in [0.2, 0.25) is 0 Å². The van der Waals surface area contributed by atoms with Crippen LogP contribution in [-0.4, -0.2) is 57.6 Å². The zero-order valence-electron chi connectivity index (χ0n) is 18.2. The van der Waals surface area contributed by atoms with Gasteiger partial charge in [0.25, 0.3) is 0 Å². The third-order valence-electron chi connectivity index (χ3n) is 6.12. The first-order chi connectivity index (χ1) is 14.3. The number of ether oxygens (including phenoxy) is 2. The number of benzene rings is 1. The van der Waals surface area contributed by atoms with Gasteiger partial charge >= 0.3 is 0 Å². The number of rotatable bonds is 7. The Hall–Kier alpha value is -1.48. The normalized spacial score (nSPS) is 25.9. The lowest BCUT2D eigenvalue weighted by molar-refractivity contribution is -0.126. The molecule has 2 aliphatic rings. The molecule has 1 saturated carbocycles. The van der Waals surface area contributed by atoms with Gasteiger partial charge in [-0.05, 0) is 48.8 Å². The standard InChI is InChI=1S/C22H34N2O5S/c1-16(2)20-8-7-17(3)13-21(20)29-15-22(25)23-18-5-4-6-19(14-18)30(26,27)24-9-11-28-12-10-24/h4-6,14,16-17,20-21H,7-13,15H2,1-3H3,(H,23,25)/t17-,20-,21-/m1/s1. The Morgan fingerprint density at radius 3 is 2.70 bits per heavy atom. The molecule has 3 rings (SSSR count). The molecule has 0 bridgehead atoms. The maximum atomic E-state index is 12.8. The minimum Gasteiger partial charge on any atom is -0.379 e. The van der Waals surface area contributed by atoms with E-state index in [-0.39, 0.29) is 23.5 Å². The highest BCUT2D eigenvalue weighted by molar-refractivity contribution is 7.89. The number of sulfonamides is 1. The van der Waals surface area contributed by atoms with E-state index in [1.807, 2.05) is 0 Å². The number of hydrogen-bond donors (Lipinski definition) is 1. The topological polar surface area (TPSA) is 84.9 Å². The predicted octanol–water partition coefficient (Wildman–Crippen LogP) is 3.12. The van der Waals surface area contributed by atoms with E-state index in [1.165, 1.54) is 16.8 Å². The highest BCUT2D eigenvalue weighted by Gasteiger charge is 2.32. The van der Waals surface area contributed by atoms with Crippen molar-refractivity contribution < 1.29 is 22.7 Å². The summed E-state index contributed by atoms with van der Waals surface area (Å²) in [4.78, 5) is 12.6. The van der Waals surface area contributed by atoms with Crippen molar-refractivity contribution in [3.8, 4) is 0 Å². The van der Waals surface area contributed by atoms with Gasteiger partial charge in [0.1, 0.15) is 6.61 Å². The summed E-state index contributed by atoms with van der Waals surface area (Å²) in [6, 6.07) is 6.38. The molecule has 2 fully saturated rings. The van der Waals surface area contributed by atoms with Crippen LogP contribution in [0.4, 0.5) is 5.69 Å². The van der Waals surface area contributed by atoms with Crippen LogP contribution in [0, 0.1) is 17.8 Å². The highest BCUT2D eigenvalue weighted by atomic mass is 32.2. The summed E-state index contributed by atoms with van der Waals surface area (Å²) in [5.74, 6) is 1.33. The first kappa shape index (κ1) is 23.2. The molecule has 1 amide bonds. The molecule has 3 atom stereocenters. The van der Waals surface area contributed by atoms with E-state index in [0.29, 0.717) is 49.7 Å². The van der Waals surface area contributed by atoms with E-state index in [4.69, 9.17) is 9.47 Å². The van der Waals surface area contributed by atoms with E-state index in [2.05, 4.69) is 26.1 Å². The smallest absolute Gasteiger partial charge is 0.250 e. The number of hydrogen-bond acceptors (Lipinski definition) is 5. The van der Waals surface area contributed by atoms with Crippen LogP contribution in [0.25, 0.3) is 0 Å². The van der Waals surface area contributed by atoms with Crippen molar-refractivity contribution >= 4 is 21.6 Å². The molecule has 1 aromatic rings. The van der Waals surface area contributed by atoms with Gasteiger partial charge in [-0.25, -0.2) is 8.42 Å². The van der Waals surface area contributed by atoms with E-state index in [9.17, 15) is 13.2 Å². The molecule has 1 heterocycles. The fraction of sp³-hybridized carbons (Fsp3) is 0.682. The predicted molar refractivity (Wildman–Crippen MR) is 116 cm³/mol. The number of nitrogens with one attached hydrogen (secondary N) is 1. The Morgan fingerprint density at radius 2 is 2.00 bits per heavy atom. The average Bonchev–Trinajstić information content (AvgIpc) is 2.73. The fourth-order valence-electron chi connectivity index (χ4n) is 4.36. The summed E-state index contributed by atoms with van der Waals surface area (Å²) in [5.41, 5.74) is 0.454. The first-order valence-electron chi connectivity index (χ1n) is 10.9. The molecule has 0 radical (unpaired) electrons. The van der Waals surface area contributed by atoms with E-state index in [1.54, 1.807) is 18.2 Å². The molecule has 1 N–H and O–H groups in total. The molecule has 168 valence electrons. The van der Waals surface area contributed by atoms with Crippen molar-refractivity contribution in [1.82, 2.24) is 4.31 Å². The lowest BCUT2D eigenvalue weighted by Crippen LogP contribution is -2.40. The second-order valence-electron chi connectivity index (χ2n) is 8.77. The Morgan fingerprint density at radius 1 is 1.27 bits per heavy atom. The largest absolute Gasteiger partial charge is 0.379 e. The van der Waals surface area contributed by atoms with Crippen LogP contribution in [0.3, 0.4) is 0 Å². The minimum absolute atomic E-state index is 0.0267. The molecule has 30 heavy (non-hydrogen) atoms. The third-order valence-corrected chi connectivity index (χ3v) is 8.01. The van der Waals surface area contributed by atoms with Crippen molar-refractivity contribution in [3.05, 3.63) is 24.3 Å². The van der Waals surface area contributed by atoms with Crippen molar-refractivity contribution in [2.75, 3.05) is 38.2 Å². The highest BCUT2D eigenvalue weighted by Crippen LogP contribution is 2.35. The van der Waals surface area contributed by atoms with Crippen molar-refractivity contribution in [2.24, 2.45) is 17.8 Å². The van der Waals surface area contributed by atoms with Gasteiger partial charge in [0.05, 0.1) is 24.2 Å². The molecule has 8 heteroatoms. The zero-order valence-corrected chi connectivity index (χ0v) is 19.0. The van der Waals surface area contributed by atoms with Crippen LogP contribution in [0.5, 0.6) is 0 Å². The van der Waals surface area contributed by atoms with Gasteiger partial charge < -0.3 is 14.8 Å². The SMILES string of the molecule is CC(C)[C@H]1CC[C@@H](C)C[C@H]1OCC(=O)Nc1cccc(S(=O)(=O)N2CCOCC2)c1. The Labute approximate surface area is 180 Å². The minimum atomic E-state index is -3.60. The zero-order chi connectivity index (χ0) is 21.7. The van der Waals surface area contributed by atoms with Crippen LogP contribution >= 0.6 is 0 Å². The molecule has 0 unspecified atom stereocenters. The van der Waals surface area contributed by atoms with Gasteiger partial charge in [-0.2, -0.15) is 4.31 Å². The monoisotopic (exact) mass is 438 g/mol. The van der Waals surface area contributed by atoms with E-state index in [0.717, 1.165) is 12.8 Å². The van der Waals surface area contributed by atoms with Crippen LogP contribution < -0.4 is 5.32 Å². The Balaban J connectivity index is 1.59. The maximum absolute atomic E-state index is 12.8. The summed E-state index contributed by atoms with van der Waals surface area (Å²) < 4.78 is 38.3. The number of carbonyl (C=O) groups excluding carboxylic acids is 1. The molecule has 0 spiro atoms. The van der Waals surface area contributed by atoms with Crippen LogP contribution in [0.15, 0.2) is 29.2 Å². The maximum Gasteiger partial charge on any atom is 0.250 e. The Kier molecular flexibility index (Phi) is 7.90. The summed E-state index contributed by atoms with van der Waals surface area (Å²) in [6.45, 7) is 8.07. The van der Waals surface area contributed by atoms with Gasteiger partial charge in [0.2, 0.25) is 15.9 Å². The lowest BCUT2D eigenvalue weighted by atomic mass is 9.75. The van der Waals surface area contributed by atoms with Gasteiger partial charge in [-0.3, -0.25) is 4.79 Å². The molecular formula is C22H34N2O5S. The van der Waals surface area contributed by atoms with Gasteiger partial charge in [-0.15, -0.1) is 0 Å². The molecule has 1 saturated heterocycles.